The lowest BCUT2D eigenvalue weighted by atomic mass is 9.92. The minimum Gasteiger partial charge on any atom is -0.393 e. The van der Waals surface area contributed by atoms with Crippen LogP contribution in [0, 0.1) is 5.92 Å². The summed E-state index contributed by atoms with van der Waals surface area (Å²) >= 11 is 0. The van der Waals surface area contributed by atoms with Gasteiger partial charge in [-0.25, -0.2) is 0 Å². The molecule has 0 amide bonds. The molecule has 1 aromatic rings. The van der Waals surface area contributed by atoms with Crippen molar-refractivity contribution < 1.29 is 5.11 Å². The lowest BCUT2D eigenvalue weighted by Crippen LogP contribution is -2.42. The van der Waals surface area contributed by atoms with Gasteiger partial charge in [-0.05, 0) is 24.3 Å². The maximum Gasteiger partial charge on any atom is 0.0592 e. The van der Waals surface area contributed by atoms with E-state index >= 15 is 0 Å². The fourth-order valence-electron chi connectivity index (χ4n) is 2.56. The minimum absolute atomic E-state index is 0.0932. The van der Waals surface area contributed by atoms with Crippen LogP contribution in [0.3, 0.4) is 0 Å². The second-order valence-corrected chi connectivity index (χ2v) is 5.10. The molecule has 98 valence electrons. The predicted octanol–water partition coefficient (Wildman–Crippen LogP) is 2.79. The molecule has 2 heteroatoms. The molecule has 0 bridgehead atoms. The third kappa shape index (κ3) is 3.69. The molecule has 0 radical (unpaired) electrons. The van der Waals surface area contributed by atoms with Crippen LogP contribution in [-0.4, -0.2) is 35.7 Å². The summed E-state index contributed by atoms with van der Waals surface area (Å²) in [5.74, 6) is 0.448. The molecule has 2 rings (SSSR count). The van der Waals surface area contributed by atoms with Crippen molar-refractivity contribution >= 4 is 6.08 Å². The van der Waals surface area contributed by atoms with E-state index in [1.807, 2.05) is 6.07 Å². The van der Waals surface area contributed by atoms with E-state index in [1.54, 1.807) is 0 Å². The zero-order valence-electron chi connectivity index (χ0n) is 11.1. The molecule has 2 unspecified atom stereocenters. The summed E-state index contributed by atoms with van der Waals surface area (Å²) in [6, 6.07) is 10.4. The van der Waals surface area contributed by atoms with E-state index in [-0.39, 0.29) is 6.10 Å². The van der Waals surface area contributed by atoms with E-state index in [0.29, 0.717) is 5.92 Å². The second kappa shape index (κ2) is 6.72. The molecule has 1 aliphatic heterocycles. The standard InChI is InChI=1S/C16H23NO/c1-2-15-13-17(12-10-16(15)18)11-6-9-14-7-4-3-5-8-14/h3-9,15-16,18H,2,10-13H2,1H3/b9-6+. The van der Waals surface area contributed by atoms with Gasteiger partial charge in [-0.1, -0.05) is 49.4 Å². The Bertz CT molecular complexity index is 374. The van der Waals surface area contributed by atoms with Crippen molar-refractivity contribution in [2.75, 3.05) is 19.6 Å². The van der Waals surface area contributed by atoms with Gasteiger partial charge in [0.2, 0.25) is 0 Å². The first-order valence-corrected chi connectivity index (χ1v) is 6.91. The van der Waals surface area contributed by atoms with E-state index in [1.165, 1.54) is 5.56 Å². The first-order chi connectivity index (χ1) is 8.79. The average Bonchev–Trinajstić information content (AvgIpc) is 2.42. The normalized spacial score (nSPS) is 25.7. The molecule has 1 fully saturated rings. The first kappa shape index (κ1) is 13.3. The first-order valence-electron chi connectivity index (χ1n) is 6.91. The Morgan fingerprint density at radius 2 is 2.11 bits per heavy atom. The summed E-state index contributed by atoms with van der Waals surface area (Å²) in [7, 11) is 0. The molecule has 1 aromatic carbocycles. The molecule has 1 aliphatic rings. The number of likely N-dealkylation sites (tertiary alicyclic amines) is 1. The SMILES string of the molecule is CCC1CN(C/C=C/c2ccccc2)CCC1O. The van der Waals surface area contributed by atoms with Crippen molar-refractivity contribution in [2.45, 2.75) is 25.9 Å². The number of aliphatic hydroxyl groups is 1. The van der Waals surface area contributed by atoms with Gasteiger partial charge in [0.1, 0.15) is 0 Å². The Morgan fingerprint density at radius 1 is 1.33 bits per heavy atom. The van der Waals surface area contributed by atoms with Crippen molar-refractivity contribution in [3.8, 4) is 0 Å². The monoisotopic (exact) mass is 245 g/mol. The van der Waals surface area contributed by atoms with Crippen molar-refractivity contribution in [3.05, 3.63) is 42.0 Å². The number of hydrogen-bond acceptors (Lipinski definition) is 2. The van der Waals surface area contributed by atoms with Crippen LogP contribution in [0.1, 0.15) is 25.3 Å². The van der Waals surface area contributed by atoms with Crippen molar-refractivity contribution in [1.82, 2.24) is 4.90 Å². The summed E-state index contributed by atoms with van der Waals surface area (Å²) < 4.78 is 0. The Morgan fingerprint density at radius 3 is 2.83 bits per heavy atom. The topological polar surface area (TPSA) is 23.5 Å². The van der Waals surface area contributed by atoms with Crippen LogP contribution in [0.4, 0.5) is 0 Å². The maximum absolute atomic E-state index is 9.85. The van der Waals surface area contributed by atoms with E-state index in [9.17, 15) is 5.11 Å². The molecule has 0 aromatic heterocycles. The number of aliphatic hydroxyl groups excluding tert-OH is 1. The highest BCUT2D eigenvalue weighted by Gasteiger charge is 2.25. The summed E-state index contributed by atoms with van der Waals surface area (Å²) in [5, 5.41) is 9.85. The Kier molecular flexibility index (Phi) is 4.97. The molecular weight excluding hydrogens is 222 g/mol. The van der Waals surface area contributed by atoms with E-state index in [0.717, 1.165) is 32.5 Å². The summed E-state index contributed by atoms with van der Waals surface area (Å²) in [6.45, 7) is 5.18. The second-order valence-electron chi connectivity index (χ2n) is 5.10. The molecule has 18 heavy (non-hydrogen) atoms. The fourth-order valence-corrected chi connectivity index (χ4v) is 2.56. The van der Waals surface area contributed by atoms with E-state index < -0.39 is 0 Å². The number of rotatable bonds is 4. The van der Waals surface area contributed by atoms with Gasteiger partial charge >= 0.3 is 0 Å². The molecular formula is C16H23NO. The van der Waals surface area contributed by atoms with Crippen LogP contribution >= 0.6 is 0 Å². The van der Waals surface area contributed by atoms with Crippen LogP contribution in [0.2, 0.25) is 0 Å². The largest absolute Gasteiger partial charge is 0.393 e. The molecule has 2 nitrogen and oxygen atoms in total. The van der Waals surface area contributed by atoms with Gasteiger partial charge in [-0.2, -0.15) is 0 Å². The molecule has 0 spiro atoms. The van der Waals surface area contributed by atoms with Crippen molar-refractivity contribution in [2.24, 2.45) is 5.92 Å². The van der Waals surface area contributed by atoms with Crippen LogP contribution < -0.4 is 0 Å². The van der Waals surface area contributed by atoms with Gasteiger partial charge in [0.05, 0.1) is 6.10 Å². The third-order valence-electron chi connectivity index (χ3n) is 3.78. The van der Waals surface area contributed by atoms with Crippen LogP contribution in [0.25, 0.3) is 6.08 Å². The maximum atomic E-state index is 9.85. The highest BCUT2D eigenvalue weighted by molar-refractivity contribution is 5.48. The van der Waals surface area contributed by atoms with Gasteiger partial charge in [0, 0.05) is 19.6 Å². The quantitative estimate of drug-likeness (QED) is 0.881. The van der Waals surface area contributed by atoms with E-state index in [4.69, 9.17) is 0 Å². The number of benzene rings is 1. The Hall–Kier alpha value is -1.12. The van der Waals surface area contributed by atoms with Gasteiger partial charge in [-0.3, -0.25) is 4.90 Å². The molecule has 0 aliphatic carbocycles. The summed E-state index contributed by atoms with van der Waals surface area (Å²) in [5.41, 5.74) is 1.25. The predicted molar refractivity (Wildman–Crippen MR) is 76.3 cm³/mol. The molecule has 1 heterocycles. The van der Waals surface area contributed by atoms with Gasteiger partial charge < -0.3 is 5.11 Å². The van der Waals surface area contributed by atoms with Crippen LogP contribution in [0.15, 0.2) is 36.4 Å². The number of piperidine rings is 1. The fraction of sp³-hybridized carbons (Fsp3) is 0.500. The number of nitrogens with zero attached hydrogens (tertiary/aromatic N) is 1. The zero-order valence-corrected chi connectivity index (χ0v) is 11.1. The average molecular weight is 245 g/mol. The van der Waals surface area contributed by atoms with Crippen LogP contribution in [0.5, 0.6) is 0 Å². The van der Waals surface area contributed by atoms with Gasteiger partial charge in [0.15, 0.2) is 0 Å². The Labute approximate surface area is 110 Å². The van der Waals surface area contributed by atoms with Crippen molar-refractivity contribution in [3.63, 3.8) is 0 Å². The number of hydrogen-bond donors (Lipinski definition) is 1. The lowest BCUT2D eigenvalue weighted by molar-refractivity contribution is 0.0295. The van der Waals surface area contributed by atoms with Gasteiger partial charge in [0.25, 0.3) is 0 Å². The zero-order chi connectivity index (χ0) is 12.8. The smallest absolute Gasteiger partial charge is 0.0592 e. The lowest BCUT2D eigenvalue weighted by Gasteiger charge is -2.35. The molecule has 1 saturated heterocycles. The minimum atomic E-state index is -0.0932. The third-order valence-corrected chi connectivity index (χ3v) is 3.78. The summed E-state index contributed by atoms with van der Waals surface area (Å²) in [4.78, 5) is 2.43. The molecule has 0 saturated carbocycles. The van der Waals surface area contributed by atoms with Crippen LogP contribution in [-0.2, 0) is 0 Å². The molecule has 2 atom stereocenters. The van der Waals surface area contributed by atoms with Crippen molar-refractivity contribution in [1.29, 1.82) is 0 Å². The summed E-state index contributed by atoms with van der Waals surface area (Å²) in [6.07, 6.45) is 6.29. The molecule has 1 N–H and O–H groups in total. The highest BCUT2D eigenvalue weighted by Crippen LogP contribution is 2.19. The Balaban J connectivity index is 1.82. The van der Waals surface area contributed by atoms with E-state index in [2.05, 4.69) is 48.2 Å². The highest BCUT2D eigenvalue weighted by atomic mass is 16.3. The van der Waals surface area contributed by atoms with Gasteiger partial charge in [-0.15, -0.1) is 0 Å².